The molecule has 5 unspecified atom stereocenters. The van der Waals surface area contributed by atoms with Gasteiger partial charge in [0.2, 0.25) is 5.91 Å². The number of ketones is 2. The van der Waals surface area contributed by atoms with E-state index in [4.69, 9.17) is 11.6 Å². The minimum atomic E-state index is -0.734. The molecule has 2 heterocycles. The van der Waals surface area contributed by atoms with E-state index in [0.717, 1.165) is 32.1 Å². The molecule has 2 aliphatic carbocycles. The molecule has 2 N–H and O–H groups in total. The van der Waals surface area contributed by atoms with Gasteiger partial charge < -0.3 is 15.2 Å². The zero-order chi connectivity index (χ0) is 25.6. The monoisotopic (exact) mass is 515 g/mol. The van der Waals surface area contributed by atoms with Gasteiger partial charge in [0.25, 0.3) is 5.91 Å². The summed E-state index contributed by atoms with van der Waals surface area (Å²) in [6, 6.07) is 2.64. The van der Waals surface area contributed by atoms with Gasteiger partial charge in [-0.2, -0.15) is 0 Å². The van der Waals surface area contributed by atoms with Crippen molar-refractivity contribution in [1.82, 2.24) is 15.2 Å². The molecule has 2 aromatic rings. The normalized spacial score (nSPS) is 26.4. The number of nitrogens with one attached hydrogen (secondary N) is 2. The summed E-state index contributed by atoms with van der Waals surface area (Å²) < 4.78 is 13.8. The molecule has 5 rings (SSSR count). The smallest absolute Gasteiger partial charge is 0.271 e. The number of H-pyrrole nitrogens is 1. The number of hydrogen-bond acceptors (Lipinski definition) is 4. The van der Waals surface area contributed by atoms with Crippen molar-refractivity contribution in [2.75, 3.05) is 6.54 Å². The highest BCUT2D eigenvalue weighted by Gasteiger charge is 2.50. The number of rotatable bonds is 7. The lowest BCUT2D eigenvalue weighted by Gasteiger charge is -2.29. The molecule has 0 bridgehead atoms. The second-order valence-corrected chi connectivity index (χ2v) is 10.9. The first-order chi connectivity index (χ1) is 17.3. The summed E-state index contributed by atoms with van der Waals surface area (Å²) in [6.07, 6.45) is 5.44. The van der Waals surface area contributed by atoms with Crippen molar-refractivity contribution >= 4 is 45.9 Å². The lowest BCUT2D eigenvalue weighted by atomic mass is 9.91. The molecule has 7 nitrogen and oxygen atoms in total. The summed E-state index contributed by atoms with van der Waals surface area (Å²) >= 11 is 6.17. The van der Waals surface area contributed by atoms with E-state index in [9.17, 15) is 23.6 Å². The quantitative estimate of drug-likeness (QED) is 0.570. The van der Waals surface area contributed by atoms with Crippen LogP contribution in [-0.2, 0) is 14.4 Å². The van der Waals surface area contributed by atoms with E-state index in [-0.39, 0.29) is 58.3 Å². The first kappa shape index (κ1) is 24.9. The van der Waals surface area contributed by atoms with E-state index < -0.39 is 17.9 Å². The molecule has 2 saturated carbocycles. The van der Waals surface area contributed by atoms with E-state index in [1.54, 1.807) is 17.9 Å². The van der Waals surface area contributed by atoms with Crippen LogP contribution < -0.4 is 5.32 Å². The number of aromatic nitrogens is 1. The number of carbonyl (C=O) groups excluding carboxylic acids is 4. The van der Waals surface area contributed by atoms with Crippen molar-refractivity contribution in [2.24, 2.45) is 17.8 Å². The fourth-order valence-electron chi connectivity index (χ4n) is 6.48. The minimum absolute atomic E-state index is 0.0184. The van der Waals surface area contributed by atoms with Crippen LogP contribution in [0.3, 0.4) is 0 Å². The first-order valence-electron chi connectivity index (χ1n) is 12.9. The van der Waals surface area contributed by atoms with E-state index in [2.05, 4.69) is 10.3 Å². The van der Waals surface area contributed by atoms with Crippen LogP contribution in [-0.4, -0.2) is 51.9 Å². The van der Waals surface area contributed by atoms with Crippen LogP contribution >= 0.6 is 11.6 Å². The second-order valence-electron chi connectivity index (χ2n) is 10.5. The van der Waals surface area contributed by atoms with Crippen LogP contribution in [0.4, 0.5) is 4.39 Å². The van der Waals surface area contributed by atoms with Gasteiger partial charge in [-0.3, -0.25) is 19.2 Å². The molecule has 5 atom stereocenters. The maximum absolute atomic E-state index is 13.8. The van der Waals surface area contributed by atoms with Crippen molar-refractivity contribution in [3.8, 4) is 0 Å². The summed E-state index contributed by atoms with van der Waals surface area (Å²) in [6.45, 7) is 2.20. The largest absolute Gasteiger partial charge is 0.350 e. The Hall–Kier alpha value is -2.74. The Morgan fingerprint density at radius 3 is 2.72 bits per heavy atom. The Balaban J connectivity index is 1.40. The summed E-state index contributed by atoms with van der Waals surface area (Å²) in [5.74, 6) is -1.11. The predicted octanol–water partition coefficient (Wildman–Crippen LogP) is 4.42. The van der Waals surface area contributed by atoms with Crippen molar-refractivity contribution in [2.45, 2.75) is 70.4 Å². The van der Waals surface area contributed by atoms with Crippen LogP contribution in [0, 0.1) is 23.6 Å². The number of benzene rings is 1. The van der Waals surface area contributed by atoms with Crippen LogP contribution in [0.2, 0.25) is 5.02 Å². The van der Waals surface area contributed by atoms with Gasteiger partial charge in [-0.25, -0.2) is 4.39 Å². The number of fused-ring (bicyclic) bond motifs is 2. The lowest BCUT2D eigenvalue weighted by Crippen LogP contribution is -2.53. The number of nitrogens with zero attached hydrogens (tertiary/aromatic N) is 1. The predicted molar refractivity (Wildman–Crippen MR) is 133 cm³/mol. The topological polar surface area (TPSA) is 99.3 Å². The third-order valence-corrected chi connectivity index (χ3v) is 8.62. The van der Waals surface area contributed by atoms with Gasteiger partial charge in [-0.15, -0.1) is 0 Å². The van der Waals surface area contributed by atoms with Crippen LogP contribution in [0.25, 0.3) is 10.9 Å². The summed E-state index contributed by atoms with van der Waals surface area (Å²) in [4.78, 5) is 56.8. The van der Waals surface area contributed by atoms with Gasteiger partial charge in [-0.1, -0.05) is 24.9 Å². The Kier molecular flexibility index (Phi) is 6.90. The van der Waals surface area contributed by atoms with Gasteiger partial charge in [0.05, 0.1) is 16.6 Å². The van der Waals surface area contributed by atoms with Gasteiger partial charge in [0, 0.05) is 30.7 Å². The molecule has 1 aliphatic heterocycles. The fourth-order valence-corrected chi connectivity index (χ4v) is 6.74. The first-order valence-corrected chi connectivity index (χ1v) is 13.3. The second kappa shape index (κ2) is 9.96. The third-order valence-electron chi connectivity index (χ3n) is 8.31. The molecule has 9 heteroatoms. The van der Waals surface area contributed by atoms with E-state index >= 15 is 0 Å². The zero-order valence-electron chi connectivity index (χ0n) is 20.3. The van der Waals surface area contributed by atoms with Gasteiger partial charge >= 0.3 is 0 Å². The molecule has 0 spiro atoms. The van der Waals surface area contributed by atoms with Gasteiger partial charge in [0.15, 0.2) is 5.78 Å². The van der Waals surface area contributed by atoms with Gasteiger partial charge in [0.1, 0.15) is 23.3 Å². The Bertz CT molecular complexity index is 1230. The highest BCUT2D eigenvalue weighted by atomic mass is 35.5. The van der Waals surface area contributed by atoms with E-state index in [0.29, 0.717) is 30.3 Å². The third kappa shape index (κ3) is 4.56. The lowest BCUT2D eigenvalue weighted by molar-refractivity contribution is -0.131. The Morgan fingerprint density at radius 1 is 1.19 bits per heavy atom. The number of Topliss-reactive ketones (excluding diaryl/α,β-unsaturated/α-hetero) is 2. The molecule has 1 aromatic heterocycles. The standard InChI is InChI=1S/C27H31ClFN3O4/c1-2-23(33)21(9-14-5-4-8-24(14)34)31-26(35)25-17-7-3-6-15(17)13-32(25)27(36)22-12-18-19(28)10-16(29)11-20(18)30-22/h10-12,14-15,17,21,25,30H,2-9,13H2,1H3,(H,31,35). The molecule has 1 saturated heterocycles. The number of carbonyl (C=O) groups is 4. The summed E-state index contributed by atoms with van der Waals surface area (Å²) in [5, 5.41) is 3.68. The molecule has 1 aromatic carbocycles. The molecule has 2 amide bonds. The fraction of sp³-hybridized carbons (Fsp3) is 0.556. The Morgan fingerprint density at radius 2 is 2.00 bits per heavy atom. The van der Waals surface area contributed by atoms with Crippen LogP contribution in [0.15, 0.2) is 18.2 Å². The maximum Gasteiger partial charge on any atom is 0.271 e. The molecular formula is C27H31ClFN3O4. The molecule has 3 fully saturated rings. The van der Waals surface area contributed by atoms with Crippen molar-refractivity contribution in [3.05, 3.63) is 34.7 Å². The maximum atomic E-state index is 13.8. The van der Waals surface area contributed by atoms with Crippen LogP contribution in [0.5, 0.6) is 0 Å². The number of amides is 2. The molecule has 0 radical (unpaired) electrons. The summed E-state index contributed by atoms with van der Waals surface area (Å²) in [7, 11) is 0. The average Bonchev–Trinajstić information content (AvgIpc) is 3.61. The number of halogens is 2. The molecular weight excluding hydrogens is 485 g/mol. The van der Waals surface area contributed by atoms with Crippen molar-refractivity contribution in [1.29, 1.82) is 0 Å². The highest BCUT2D eigenvalue weighted by molar-refractivity contribution is 6.35. The average molecular weight is 516 g/mol. The number of likely N-dealkylation sites (tertiary alicyclic amines) is 1. The highest BCUT2D eigenvalue weighted by Crippen LogP contribution is 2.43. The summed E-state index contributed by atoms with van der Waals surface area (Å²) in [5.41, 5.74) is 0.659. The molecule has 36 heavy (non-hydrogen) atoms. The van der Waals surface area contributed by atoms with Crippen molar-refractivity contribution < 1.29 is 23.6 Å². The van der Waals surface area contributed by atoms with E-state index in [1.165, 1.54) is 12.1 Å². The Labute approximate surface area is 214 Å². The van der Waals surface area contributed by atoms with Gasteiger partial charge in [-0.05, 0) is 62.1 Å². The number of hydrogen-bond donors (Lipinski definition) is 2. The number of aromatic amines is 1. The zero-order valence-corrected chi connectivity index (χ0v) is 21.1. The van der Waals surface area contributed by atoms with Crippen molar-refractivity contribution in [3.63, 3.8) is 0 Å². The minimum Gasteiger partial charge on any atom is -0.350 e. The molecule has 192 valence electrons. The SMILES string of the molecule is CCC(=O)C(CC1CCCC1=O)NC(=O)C1C2CCCC2CN1C(=O)c1cc2c(Cl)cc(F)cc2[nH]1. The molecule has 3 aliphatic rings. The van der Waals surface area contributed by atoms with E-state index in [1.807, 2.05) is 0 Å². The van der Waals surface area contributed by atoms with Crippen LogP contribution in [0.1, 0.15) is 68.8 Å².